The molecule has 1 aromatic heterocycles. The molecule has 2 saturated heterocycles. The minimum atomic E-state index is -0.430. The lowest BCUT2D eigenvalue weighted by molar-refractivity contribution is 0.0673. The number of hydrogen-bond donors (Lipinski definition) is 4. The quantitative estimate of drug-likeness (QED) is 0.519. The highest BCUT2D eigenvalue weighted by Gasteiger charge is 2.32. The van der Waals surface area contributed by atoms with Crippen molar-refractivity contribution < 1.29 is 14.6 Å². The Bertz CT molecular complexity index is 663. The van der Waals surface area contributed by atoms with Gasteiger partial charge in [0.2, 0.25) is 0 Å². The zero-order chi connectivity index (χ0) is 20.1. The molecular formula is C20H33N5O3. The van der Waals surface area contributed by atoms with Crippen molar-refractivity contribution in [3.05, 3.63) is 23.4 Å². The van der Waals surface area contributed by atoms with Gasteiger partial charge in [0, 0.05) is 57.1 Å². The molecule has 3 unspecified atom stereocenters. The number of anilines is 1. The van der Waals surface area contributed by atoms with Gasteiger partial charge in [0.25, 0.3) is 5.91 Å². The highest BCUT2D eigenvalue weighted by Crippen LogP contribution is 2.26. The molecular weight excluding hydrogens is 358 g/mol. The molecule has 0 saturated carbocycles. The number of amides is 1. The Labute approximate surface area is 166 Å². The van der Waals surface area contributed by atoms with Gasteiger partial charge in [-0.15, -0.1) is 0 Å². The molecule has 1 amide bonds. The number of ether oxygens (including phenoxy) is 1. The zero-order valence-electron chi connectivity index (χ0n) is 16.9. The van der Waals surface area contributed by atoms with Crippen LogP contribution in [0.1, 0.15) is 42.1 Å². The molecule has 28 heavy (non-hydrogen) atoms. The van der Waals surface area contributed by atoms with Gasteiger partial charge < -0.3 is 31.1 Å². The number of piperidine rings is 1. The average Bonchev–Trinajstić information content (AvgIpc) is 2.68. The summed E-state index contributed by atoms with van der Waals surface area (Å²) < 4.78 is 5.44. The van der Waals surface area contributed by atoms with Gasteiger partial charge in [0.05, 0.1) is 11.7 Å². The Morgan fingerprint density at radius 2 is 2.18 bits per heavy atom. The van der Waals surface area contributed by atoms with E-state index in [-0.39, 0.29) is 24.5 Å². The molecule has 8 nitrogen and oxygen atoms in total. The van der Waals surface area contributed by atoms with Crippen molar-refractivity contribution in [2.24, 2.45) is 11.7 Å². The number of rotatable bonds is 6. The number of aryl methyl sites for hydroxylation is 1. The Balaban J connectivity index is 1.72. The Morgan fingerprint density at radius 3 is 2.86 bits per heavy atom. The Kier molecular flexibility index (Phi) is 7.23. The number of nitrogens with one attached hydrogen (secondary N) is 2. The summed E-state index contributed by atoms with van der Waals surface area (Å²) in [6, 6.07) is 2.56. The highest BCUT2D eigenvalue weighted by atomic mass is 16.5. The number of carbonyl (C=O) groups is 1. The summed E-state index contributed by atoms with van der Waals surface area (Å²) in [4.78, 5) is 19.3. The number of hydrogen-bond acceptors (Lipinski definition) is 7. The maximum Gasteiger partial charge on any atom is 0.256 e. The third-order valence-corrected chi connectivity index (χ3v) is 5.55. The van der Waals surface area contributed by atoms with Gasteiger partial charge >= 0.3 is 0 Å². The van der Waals surface area contributed by atoms with Crippen LogP contribution in [0.25, 0.3) is 0 Å². The Hall–Kier alpha value is -1.74. The summed E-state index contributed by atoms with van der Waals surface area (Å²) >= 11 is 0. The third-order valence-electron chi connectivity index (χ3n) is 5.55. The third kappa shape index (κ3) is 5.20. The van der Waals surface area contributed by atoms with Gasteiger partial charge in [0.1, 0.15) is 5.82 Å². The maximum atomic E-state index is 12.6. The lowest BCUT2D eigenvalue weighted by Gasteiger charge is -2.41. The molecule has 2 fully saturated rings. The van der Waals surface area contributed by atoms with E-state index in [2.05, 4.69) is 20.5 Å². The second-order valence-electron chi connectivity index (χ2n) is 7.98. The van der Waals surface area contributed by atoms with E-state index in [1.165, 1.54) is 0 Å². The largest absolute Gasteiger partial charge is 0.396 e. The summed E-state index contributed by atoms with van der Waals surface area (Å²) in [6.07, 6.45) is 4.27. The second-order valence-corrected chi connectivity index (χ2v) is 7.98. The molecule has 156 valence electrons. The number of nitrogens with zero attached hydrogens (tertiary/aromatic N) is 2. The van der Waals surface area contributed by atoms with Crippen molar-refractivity contribution in [3.8, 4) is 0 Å². The van der Waals surface area contributed by atoms with E-state index in [1.807, 2.05) is 13.0 Å². The molecule has 8 heteroatoms. The summed E-state index contributed by atoms with van der Waals surface area (Å²) in [6.45, 7) is 6.79. The lowest BCUT2D eigenvalue weighted by Crippen LogP contribution is -2.54. The van der Waals surface area contributed by atoms with Gasteiger partial charge in [-0.1, -0.05) is 0 Å². The summed E-state index contributed by atoms with van der Waals surface area (Å²) in [5, 5.41) is 16.5. The molecule has 5 N–H and O–H groups in total. The highest BCUT2D eigenvalue weighted by molar-refractivity contribution is 5.99. The summed E-state index contributed by atoms with van der Waals surface area (Å²) in [7, 11) is 0. The van der Waals surface area contributed by atoms with Crippen LogP contribution in [0.5, 0.6) is 0 Å². The van der Waals surface area contributed by atoms with Crippen LogP contribution in [0.2, 0.25) is 0 Å². The fraction of sp³-hybridized carbons (Fsp3) is 0.700. The minimum Gasteiger partial charge on any atom is -0.396 e. The fourth-order valence-electron chi connectivity index (χ4n) is 4.06. The first-order valence-corrected chi connectivity index (χ1v) is 10.2. The van der Waals surface area contributed by atoms with Crippen LogP contribution in [-0.4, -0.2) is 67.2 Å². The van der Waals surface area contributed by atoms with Crippen LogP contribution < -0.4 is 21.3 Å². The van der Waals surface area contributed by atoms with Gasteiger partial charge in [-0.2, -0.15) is 0 Å². The number of aliphatic hydroxyl groups is 1. The zero-order valence-corrected chi connectivity index (χ0v) is 16.9. The van der Waals surface area contributed by atoms with Crippen LogP contribution >= 0.6 is 0 Å². The standard InChI is InChI=1S/C20H33N5O3/c1-13-9-17(20(27)23-14(2)21)19(22-10-13)25-6-3-18(15(11-25)12-26)24-16-4-7-28-8-5-16/h9-10,14-16,18,24,26H,3-8,11-12,21H2,1-2H3,(H,23,27). The lowest BCUT2D eigenvalue weighted by atomic mass is 9.91. The molecule has 2 aliphatic rings. The number of carbonyl (C=O) groups excluding carboxylic acids is 1. The number of pyridine rings is 1. The Morgan fingerprint density at radius 1 is 1.43 bits per heavy atom. The molecule has 0 spiro atoms. The first-order valence-electron chi connectivity index (χ1n) is 10.2. The van der Waals surface area contributed by atoms with E-state index in [9.17, 15) is 9.90 Å². The van der Waals surface area contributed by atoms with E-state index < -0.39 is 6.17 Å². The van der Waals surface area contributed by atoms with Crippen molar-refractivity contribution in [2.45, 2.75) is 51.4 Å². The monoisotopic (exact) mass is 391 g/mol. The number of nitrogens with two attached hydrogens (primary N) is 1. The van der Waals surface area contributed by atoms with E-state index in [4.69, 9.17) is 10.5 Å². The molecule has 0 aromatic carbocycles. The minimum absolute atomic E-state index is 0.0871. The molecule has 0 radical (unpaired) electrons. The van der Waals surface area contributed by atoms with E-state index in [0.29, 0.717) is 24.0 Å². The van der Waals surface area contributed by atoms with Crippen molar-refractivity contribution in [1.29, 1.82) is 0 Å². The second kappa shape index (κ2) is 9.65. The van der Waals surface area contributed by atoms with Crippen LogP contribution in [0.15, 0.2) is 12.3 Å². The van der Waals surface area contributed by atoms with Crippen molar-refractivity contribution >= 4 is 11.7 Å². The van der Waals surface area contributed by atoms with Crippen LogP contribution in [0.3, 0.4) is 0 Å². The van der Waals surface area contributed by atoms with Crippen molar-refractivity contribution in [2.75, 3.05) is 37.8 Å². The number of aliphatic hydroxyl groups excluding tert-OH is 1. The van der Waals surface area contributed by atoms with Crippen LogP contribution in [0, 0.1) is 12.8 Å². The molecule has 3 heterocycles. The first-order chi connectivity index (χ1) is 13.5. The van der Waals surface area contributed by atoms with Gasteiger partial charge in [0.15, 0.2) is 0 Å². The van der Waals surface area contributed by atoms with Gasteiger partial charge in [-0.25, -0.2) is 4.98 Å². The van der Waals surface area contributed by atoms with E-state index >= 15 is 0 Å². The molecule has 0 bridgehead atoms. The van der Waals surface area contributed by atoms with Crippen LogP contribution in [0.4, 0.5) is 5.82 Å². The summed E-state index contributed by atoms with van der Waals surface area (Å²) in [5.74, 6) is 0.528. The van der Waals surface area contributed by atoms with Gasteiger partial charge in [-0.05, 0) is 44.7 Å². The molecule has 3 rings (SSSR count). The molecule has 1 aromatic rings. The molecule has 2 aliphatic heterocycles. The predicted molar refractivity (Wildman–Crippen MR) is 108 cm³/mol. The average molecular weight is 392 g/mol. The smallest absolute Gasteiger partial charge is 0.256 e. The normalized spacial score (nSPS) is 24.8. The molecule has 3 atom stereocenters. The number of aromatic nitrogens is 1. The fourth-order valence-corrected chi connectivity index (χ4v) is 4.06. The van der Waals surface area contributed by atoms with E-state index in [1.54, 1.807) is 13.1 Å². The summed E-state index contributed by atoms with van der Waals surface area (Å²) in [5.41, 5.74) is 7.19. The SMILES string of the molecule is Cc1cnc(N2CCC(NC3CCOCC3)C(CO)C2)c(C(=O)NC(C)N)c1. The predicted octanol–water partition coefficient (Wildman–Crippen LogP) is 0.380. The van der Waals surface area contributed by atoms with Crippen molar-refractivity contribution in [1.82, 2.24) is 15.6 Å². The van der Waals surface area contributed by atoms with Gasteiger partial charge in [-0.3, -0.25) is 4.79 Å². The molecule has 0 aliphatic carbocycles. The van der Waals surface area contributed by atoms with Crippen LogP contribution in [-0.2, 0) is 4.74 Å². The first kappa shape index (κ1) is 21.0. The van der Waals surface area contributed by atoms with E-state index in [0.717, 1.165) is 44.6 Å². The van der Waals surface area contributed by atoms with Crippen molar-refractivity contribution in [3.63, 3.8) is 0 Å². The topological polar surface area (TPSA) is 113 Å². The maximum absolute atomic E-state index is 12.6.